The van der Waals surface area contributed by atoms with Crippen molar-refractivity contribution in [2.24, 2.45) is 4.99 Å². The molecule has 1 aromatic rings. The number of rotatable bonds is 7. The monoisotopic (exact) mass is 319 g/mol. The predicted octanol–water partition coefficient (Wildman–Crippen LogP) is 2.29. The molecule has 0 saturated carbocycles. The molecular weight excluding hydrogens is 294 g/mol. The molecule has 2 N–H and O–H groups in total. The molecule has 23 heavy (non-hydrogen) atoms. The number of ether oxygens (including phenoxy) is 1. The van der Waals surface area contributed by atoms with Gasteiger partial charge in [0, 0.05) is 13.1 Å². The van der Waals surface area contributed by atoms with Crippen LogP contribution in [0.1, 0.15) is 32.8 Å². The van der Waals surface area contributed by atoms with Crippen LogP contribution in [0.3, 0.4) is 0 Å². The van der Waals surface area contributed by atoms with Gasteiger partial charge in [-0.1, -0.05) is 30.3 Å². The van der Waals surface area contributed by atoms with E-state index in [0.29, 0.717) is 19.5 Å². The number of benzene rings is 1. The van der Waals surface area contributed by atoms with Gasteiger partial charge in [-0.3, -0.25) is 4.79 Å². The number of hydrogen-bond donors (Lipinski definition) is 2. The molecule has 6 heteroatoms. The van der Waals surface area contributed by atoms with Gasteiger partial charge in [-0.25, -0.2) is 4.79 Å². The number of alkyl carbamates (subject to hydrolysis) is 1. The van der Waals surface area contributed by atoms with Crippen LogP contribution in [0.5, 0.6) is 0 Å². The van der Waals surface area contributed by atoms with Crippen molar-refractivity contribution in [2.75, 3.05) is 6.54 Å². The van der Waals surface area contributed by atoms with Crippen molar-refractivity contribution in [2.45, 2.75) is 45.4 Å². The molecule has 0 aliphatic carbocycles. The molecule has 0 fully saturated rings. The quantitative estimate of drug-likeness (QED) is 0.757. The Labute approximate surface area is 137 Å². The van der Waals surface area contributed by atoms with Crippen molar-refractivity contribution in [3.05, 3.63) is 35.9 Å². The first-order valence-electron chi connectivity index (χ1n) is 7.55. The van der Waals surface area contributed by atoms with Gasteiger partial charge in [0.05, 0.1) is 0 Å². The number of nitrogens with one attached hydrogen (secondary N) is 2. The molecule has 0 aliphatic rings. The van der Waals surface area contributed by atoms with E-state index in [2.05, 4.69) is 22.3 Å². The highest BCUT2D eigenvalue weighted by molar-refractivity contribution is 5.85. The minimum absolute atomic E-state index is 0.275. The van der Waals surface area contributed by atoms with Crippen LogP contribution in [0.4, 0.5) is 4.79 Å². The third kappa shape index (κ3) is 7.99. The molecule has 0 aliphatic heterocycles. The Bertz CT molecular complexity index is 524. The molecule has 0 radical (unpaired) electrons. The third-order valence-electron chi connectivity index (χ3n) is 2.89. The topological polar surface area (TPSA) is 79.8 Å². The lowest BCUT2D eigenvalue weighted by molar-refractivity contribution is -0.123. The largest absolute Gasteiger partial charge is 0.444 e. The van der Waals surface area contributed by atoms with E-state index in [9.17, 15) is 9.59 Å². The van der Waals surface area contributed by atoms with Crippen molar-refractivity contribution in [1.82, 2.24) is 10.6 Å². The fourth-order valence-corrected chi connectivity index (χ4v) is 1.85. The Balaban J connectivity index is 2.59. The highest BCUT2D eigenvalue weighted by atomic mass is 16.6. The van der Waals surface area contributed by atoms with Crippen LogP contribution >= 0.6 is 0 Å². The van der Waals surface area contributed by atoms with Gasteiger partial charge < -0.3 is 20.4 Å². The van der Waals surface area contributed by atoms with Crippen molar-refractivity contribution >= 4 is 18.7 Å². The molecule has 0 unspecified atom stereocenters. The molecule has 126 valence electrons. The highest BCUT2D eigenvalue weighted by Crippen LogP contribution is 2.07. The fraction of sp³-hybridized carbons (Fsp3) is 0.471. The standard InChI is InChI=1S/C17H25N3O3/c1-17(2,3)23-16(22)20-14(10-11-18-4)15(21)19-12-13-8-6-5-7-9-13/h5-9,14H,4,10-12H2,1-3H3,(H,19,21)(H,20,22)/t14-/m1/s1. The summed E-state index contributed by atoms with van der Waals surface area (Å²) in [5.74, 6) is -0.275. The van der Waals surface area contributed by atoms with E-state index in [1.165, 1.54) is 0 Å². The summed E-state index contributed by atoms with van der Waals surface area (Å²) in [6, 6.07) is 8.84. The summed E-state index contributed by atoms with van der Waals surface area (Å²) in [4.78, 5) is 27.9. The maximum atomic E-state index is 12.3. The second-order valence-corrected chi connectivity index (χ2v) is 6.14. The average Bonchev–Trinajstić information content (AvgIpc) is 2.48. The minimum atomic E-state index is -0.709. The number of aliphatic imine (C=N–C) groups is 1. The maximum absolute atomic E-state index is 12.3. The molecule has 0 aromatic heterocycles. The van der Waals surface area contributed by atoms with Gasteiger partial charge in [0.2, 0.25) is 5.91 Å². The van der Waals surface area contributed by atoms with Crippen molar-refractivity contribution in [1.29, 1.82) is 0 Å². The first-order chi connectivity index (χ1) is 10.8. The van der Waals surface area contributed by atoms with Crippen LogP contribution in [0.15, 0.2) is 35.3 Å². The van der Waals surface area contributed by atoms with Gasteiger partial charge in [0.15, 0.2) is 0 Å². The zero-order chi connectivity index (χ0) is 17.3. The van der Waals surface area contributed by atoms with E-state index < -0.39 is 17.7 Å². The number of nitrogens with zero attached hydrogens (tertiary/aromatic N) is 1. The van der Waals surface area contributed by atoms with Crippen molar-refractivity contribution in [3.63, 3.8) is 0 Å². The van der Waals surface area contributed by atoms with E-state index in [1.54, 1.807) is 20.8 Å². The third-order valence-corrected chi connectivity index (χ3v) is 2.89. The van der Waals surface area contributed by atoms with Gasteiger partial charge in [-0.05, 0) is 39.5 Å². The fourth-order valence-electron chi connectivity index (χ4n) is 1.85. The maximum Gasteiger partial charge on any atom is 0.408 e. The van der Waals surface area contributed by atoms with Gasteiger partial charge in [-0.2, -0.15) is 0 Å². The zero-order valence-electron chi connectivity index (χ0n) is 14.0. The smallest absolute Gasteiger partial charge is 0.408 e. The highest BCUT2D eigenvalue weighted by Gasteiger charge is 2.23. The normalized spacial score (nSPS) is 12.1. The number of amides is 2. The van der Waals surface area contributed by atoms with Crippen LogP contribution in [-0.4, -0.2) is 36.9 Å². The van der Waals surface area contributed by atoms with E-state index in [-0.39, 0.29) is 5.91 Å². The molecule has 1 aromatic carbocycles. The van der Waals surface area contributed by atoms with Gasteiger partial charge in [-0.15, -0.1) is 0 Å². The summed E-state index contributed by atoms with van der Waals surface area (Å²) in [6.45, 7) is 9.47. The van der Waals surface area contributed by atoms with Gasteiger partial charge in [0.25, 0.3) is 0 Å². The Morgan fingerprint density at radius 1 is 1.26 bits per heavy atom. The SMILES string of the molecule is C=NCC[C@@H](NC(=O)OC(C)(C)C)C(=O)NCc1ccccc1. The molecule has 6 nitrogen and oxygen atoms in total. The Morgan fingerprint density at radius 2 is 1.91 bits per heavy atom. The van der Waals surface area contributed by atoms with E-state index in [1.807, 2.05) is 30.3 Å². The summed E-state index contributed by atoms with van der Waals surface area (Å²) in [5, 5.41) is 5.39. The van der Waals surface area contributed by atoms with Gasteiger partial charge in [0.1, 0.15) is 11.6 Å². The Kier molecular flexibility index (Phi) is 7.25. The van der Waals surface area contributed by atoms with Gasteiger partial charge >= 0.3 is 6.09 Å². The Hall–Kier alpha value is -2.37. The Morgan fingerprint density at radius 3 is 2.48 bits per heavy atom. The van der Waals surface area contributed by atoms with Crippen LogP contribution < -0.4 is 10.6 Å². The summed E-state index contributed by atoms with van der Waals surface area (Å²) < 4.78 is 5.18. The number of hydrogen-bond acceptors (Lipinski definition) is 4. The molecule has 0 bridgehead atoms. The summed E-state index contributed by atoms with van der Waals surface area (Å²) in [7, 11) is 0. The number of carbonyl (C=O) groups excluding carboxylic acids is 2. The molecule has 0 saturated heterocycles. The lowest BCUT2D eigenvalue weighted by Gasteiger charge is -2.23. The average molecular weight is 319 g/mol. The van der Waals surface area contributed by atoms with Crippen LogP contribution in [0.2, 0.25) is 0 Å². The molecule has 0 spiro atoms. The first kappa shape index (κ1) is 18.7. The minimum Gasteiger partial charge on any atom is -0.444 e. The zero-order valence-corrected chi connectivity index (χ0v) is 14.0. The van der Waals surface area contributed by atoms with Crippen LogP contribution in [-0.2, 0) is 16.1 Å². The van der Waals surface area contributed by atoms with Crippen molar-refractivity contribution < 1.29 is 14.3 Å². The molecular formula is C17H25N3O3. The number of carbonyl (C=O) groups is 2. The van der Waals surface area contributed by atoms with Crippen molar-refractivity contribution in [3.8, 4) is 0 Å². The summed E-state index contributed by atoms with van der Waals surface area (Å²) in [5.41, 5.74) is 0.366. The molecule has 1 atom stereocenters. The molecule has 2 amide bonds. The first-order valence-corrected chi connectivity index (χ1v) is 7.55. The van der Waals surface area contributed by atoms with E-state index >= 15 is 0 Å². The van der Waals surface area contributed by atoms with Crippen LogP contribution in [0, 0.1) is 0 Å². The second-order valence-electron chi connectivity index (χ2n) is 6.14. The second kappa shape index (κ2) is 8.92. The van der Waals surface area contributed by atoms with E-state index in [0.717, 1.165) is 5.56 Å². The lowest BCUT2D eigenvalue weighted by Crippen LogP contribution is -2.48. The summed E-state index contributed by atoms with van der Waals surface area (Å²) >= 11 is 0. The molecule has 0 heterocycles. The molecule has 1 rings (SSSR count). The lowest BCUT2D eigenvalue weighted by atomic mass is 10.1. The summed E-state index contributed by atoms with van der Waals surface area (Å²) in [6.07, 6.45) is -0.259. The van der Waals surface area contributed by atoms with Crippen LogP contribution in [0.25, 0.3) is 0 Å². The van der Waals surface area contributed by atoms with E-state index in [4.69, 9.17) is 4.74 Å². The predicted molar refractivity (Wildman–Crippen MR) is 90.5 cm³/mol.